The third kappa shape index (κ3) is 1.40. The molecule has 1 aliphatic carbocycles. The Hall–Kier alpha value is -1.36. The fourth-order valence-corrected chi connectivity index (χ4v) is 6.45. The van der Waals surface area contributed by atoms with Crippen molar-refractivity contribution in [2.45, 2.75) is 36.6 Å². The Morgan fingerprint density at radius 1 is 1.30 bits per heavy atom. The minimum absolute atomic E-state index is 0.151. The van der Waals surface area contributed by atoms with Crippen LogP contribution in [-0.2, 0) is 10.2 Å². The summed E-state index contributed by atoms with van der Waals surface area (Å²) in [5.74, 6) is 0.624. The lowest BCUT2D eigenvalue weighted by atomic mass is 9.55. The van der Waals surface area contributed by atoms with Gasteiger partial charge < -0.3 is 15.2 Å². The first-order valence-electron chi connectivity index (χ1n) is 8.88. The van der Waals surface area contributed by atoms with E-state index in [9.17, 15) is 5.11 Å². The van der Waals surface area contributed by atoms with E-state index in [4.69, 9.17) is 4.74 Å². The zero-order valence-electron chi connectivity index (χ0n) is 13.1. The van der Waals surface area contributed by atoms with Crippen molar-refractivity contribution in [3.63, 3.8) is 0 Å². The highest BCUT2D eigenvalue weighted by molar-refractivity contribution is 5.65. The molecule has 6 atom stereocenters. The lowest BCUT2D eigenvalue weighted by Gasteiger charge is -2.55. The number of nitrogens with one attached hydrogen (secondary N) is 1. The first-order valence-corrected chi connectivity index (χ1v) is 8.88. The number of rotatable bonds is 0. The van der Waals surface area contributed by atoms with Gasteiger partial charge in [0.2, 0.25) is 0 Å². The van der Waals surface area contributed by atoms with Crippen LogP contribution in [0.5, 0.6) is 0 Å². The normalized spacial score (nSPS) is 46.5. The number of ether oxygens (including phenoxy) is 1. The summed E-state index contributed by atoms with van der Waals surface area (Å²) in [7, 11) is 0. The maximum Gasteiger partial charge on any atom is 0.160 e. The van der Waals surface area contributed by atoms with Crippen LogP contribution < -0.4 is 5.32 Å². The molecule has 5 aliphatic rings. The zero-order valence-corrected chi connectivity index (χ0v) is 13.1. The molecule has 4 aliphatic heterocycles. The second kappa shape index (κ2) is 4.18. The van der Waals surface area contributed by atoms with E-state index in [0.29, 0.717) is 18.6 Å². The van der Waals surface area contributed by atoms with Crippen LogP contribution in [0.3, 0.4) is 0 Å². The van der Waals surface area contributed by atoms with E-state index in [0.717, 1.165) is 6.54 Å². The average Bonchev–Trinajstić information content (AvgIpc) is 3.06. The minimum atomic E-state index is -0.662. The van der Waals surface area contributed by atoms with Gasteiger partial charge in [-0.3, -0.25) is 4.90 Å². The molecular weight excluding hydrogens is 288 g/mol. The van der Waals surface area contributed by atoms with Gasteiger partial charge in [-0.25, -0.2) is 0 Å². The van der Waals surface area contributed by atoms with Crippen LogP contribution >= 0.6 is 0 Å². The molecule has 2 bridgehead atoms. The molecule has 4 heterocycles. The lowest BCUT2D eigenvalue weighted by Crippen LogP contribution is -2.64. The molecule has 4 heteroatoms. The number of aliphatic hydroxyl groups excluding tert-OH is 1. The summed E-state index contributed by atoms with van der Waals surface area (Å²) in [5.41, 5.74) is 4.39. The molecule has 2 saturated heterocycles. The number of hydrogen-bond acceptors (Lipinski definition) is 4. The molecule has 23 heavy (non-hydrogen) atoms. The SMILES string of the molecule is O[C@@H]1OCC=C2CN3CCC45c6ccccc6N[C@H]4[C@H]1[C@H]2C[C@H]35. The molecule has 1 spiro atoms. The van der Waals surface area contributed by atoms with Crippen molar-refractivity contribution >= 4 is 5.69 Å². The Labute approximate surface area is 136 Å². The predicted molar refractivity (Wildman–Crippen MR) is 87.1 cm³/mol. The molecule has 1 aromatic carbocycles. The summed E-state index contributed by atoms with van der Waals surface area (Å²) >= 11 is 0. The number of benzene rings is 1. The van der Waals surface area contributed by atoms with Crippen molar-refractivity contribution in [2.75, 3.05) is 25.0 Å². The van der Waals surface area contributed by atoms with Gasteiger partial charge in [-0.05, 0) is 36.9 Å². The zero-order chi connectivity index (χ0) is 15.2. The first-order chi connectivity index (χ1) is 11.3. The Morgan fingerprint density at radius 3 is 3.17 bits per heavy atom. The molecule has 2 N–H and O–H groups in total. The second-order valence-electron chi connectivity index (χ2n) is 7.87. The van der Waals surface area contributed by atoms with Gasteiger partial charge in [0.15, 0.2) is 6.29 Å². The average molecular weight is 310 g/mol. The highest BCUT2D eigenvalue weighted by atomic mass is 16.6. The van der Waals surface area contributed by atoms with Gasteiger partial charge >= 0.3 is 0 Å². The fraction of sp³-hybridized carbons (Fsp3) is 0.579. The predicted octanol–water partition coefficient (Wildman–Crippen LogP) is 1.72. The van der Waals surface area contributed by atoms with Gasteiger partial charge in [0.25, 0.3) is 0 Å². The van der Waals surface area contributed by atoms with E-state index in [1.165, 1.54) is 36.2 Å². The smallest absolute Gasteiger partial charge is 0.160 e. The molecule has 3 fully saturated rings. The number of para-hydroxylation sites is 1. The number of aliphatic hydroxyl groups is 1. The van der Waals surface area contributed by atoms with Crippen LogP contribution in [0.15, 0.2) is 35.9 Å². The third-order valence-corrected chi connectivity index (χ3v) is 7.27. The van der Waals surface area contributed by atoms with Crippen LogP contribution in [0.1, 0.15) is 18.4 Å². The summed E-state index contributed by atoms with van der Waals surface area (Å²) in [6, 6.07) is 9.68. The van der Waals surface area contributed by atoms with Crippen LogP contribution in [-0.4, -0.2) is 48.1 Å². The largest absolute Gasteiger partial charge is 0.381 e. The van der Waals surface area contributed by atoms with Crippen molar-refractivity contribution < 1.29 is 9.84 Å². The number of anilines is 1. The Morgan fingerprint density at radius 2 is 2.22 bits per heavy atom. The van der Waals surface area contributed by atoms with Crippen molar-refractivity contribution in [3.05, 3.63) is 41.5 Å². The third-order valence-electron chi connectivity index (χ3n) is 7.27. The van der Waals surface area contributed by atoms with Crippen molar-refractivity contribution in [3.8, 4) is 0 Å². The molecular formula is C19H22N2O2. The summed E-state index contributed by atoms with van der Waals surface area (Å²) in [5, 5.41) is 14.6. The maximum atomic E-state index is 10.8. The van der Waals surface area contributed by atoms with Gasteiger partial charge in [-0.15, -0.1) is 0 Å². The van der Waals surface area contributed by atoms with E-state index >= 15 is 0 Å². The maximum absolute atomic E-state index is 10.8. The van der Waals surface area contributed by atoms with Crippen molar-refractivity contribution in [1.29, 1.82) is 0 Å². The van der Waals surface area contributed by atoms with Crippen LogP contribution in [0.2, 0.25) is 0 Å². The van der Waals surface area contributed by atoms with Gasteiger partial charge in [0.1, 0.15) is 0 Å². The Kier molecular flexibility index (Phi) is 2.36. The van der Waals surface area contributed by atoms with Crippen LogP contribution in [0.4, 0.5) is 5.69 Å². The monoisotopic (exact) mass is 310 g/mol. The van der Waals surface area contributed by atoms with E-state index in [1.807, 2.05) is 0 Å². The summed E-state index contributed by atoms with van der Waals surface area (Å²) in [6.07, 6.45) is 3.93. The van der Waals surface area contributed by atoms with Gasteiger partial charge in [-0.1, -0.05) is 29.8 Å². The van der Waals surface area contributed by atoms with E-state index in [-0.39, 0.29) is 17.4 Å². The number of hydrogen-bond donors (Lipinski definition) is 2. The summed E-state index contributed by atoms with van der Waals surface area (Å²) in [4.78, 5) is 2.69. The fourth-order valence-electron chi connectivity index (χ4n) is 6.45. The van der Waals surface area contributed by atoms with Crippen LogP contribution in [0, 0.1) is 11.8 Å². The molecule has 4 nitrogen and oxygen atoms in total. The first kappa shape index (κ1) is 13.0. The standard InChI is InChI=1S/C19H22N2O2/c22-18-16-12-9-15-19(6-7-21(15)10-11(12)5-8-23-18)13-3-1-2-4-14(13)20-17(16)19/h1-5,12,15-18,20,22H,6-10H2/t12-,15-,16+,17-,18+,19?/m0/s1. The quantitative estimate of drug-likeness (QED) is 0.716. The molecule has 0 radical (unpaired) electrons. The number of fused-ring (bicyclic) bond motifs is 2. The molecule has 6 rings (SSSR count). The minimum Gasteiger partial charge on any atom is -0.381 e. The topological polar surface area (TPSA) is 44.7 Å². The van der Waals surface area contributed by atoms with Gasteiger partial charge in [0.05, 0.1) is 6.61 Å². The molecule has 0 aromatic heterocycles. The van der Waals surface area contributed by atoms with E-state index in [1.54, 1.807) is 0 Å². The number of piperidine rings is 1. The number of nitrogens with zero attached hydrogens (tertiary/aromatic N) is 1. The summed E-state index contributed by atoms with van der Waals surface area (Å²) < 4.78 is 5.75. The van der Waals surface area contributed by atoms with Crippen molar-refractivity contribution in [1.82, 2.24) is 4.90 Å². The highest BCUT2D eigenvalue weighted by Gasteiger charge is 2.66. The Bertz CT molecular complexity index is 717. The molecule has 1 unspecified atom stereocenters. The Balaban J connectivity index is 1.59. The van der Waals surface area contributed by atoms with E-state index < -0.39 is 6.29 Å². The molecule has 120 valence electrons. The lowest BCUT2D eigenvalue weighted by molar-refractivity contribution is -0.152. The van der Waals surface area contributed by atoms with Gasteiger partial charge in [-0.2, -0.15) is 0 Å². The second-order valence-corrected chi connectivity index (χ2v) is 7.87. The van der Waals surface area contributed by atoms with Crippen molar-refractivity contribution in [2.24, 2.45) is 11.8 Å². The molecule has 1 aromatic rings. The molecule has 0 amide bonds. The molecule has 1 saturated carbocycles. The van der Waals surface area contributed by atoms with Gasteiger partial charge in [0, 0.05) is 35.6 Å². The summed E-state index contributed by atoms with van der Waals surface area (Å²) in [6.45, 7) is 2.79. The highest BCUT2D eigenvalue weighted by Crippen LogP contribution is 2.62. The van der Waals surface area contributed by atoms with Crippen LogP contribution in [0.25, 0.3) is 0 Å². The van der Waals surface area contributed by atoms with E-state index in [2.05, 4.69) is 40.6 Å².